The van der Waals surface area contributed by atoms with Crippen molar-refractivity contribution >= 4 is 28.0 Å². The Morgan fingerprint density at radius 2 is 2.12 bits per heavy atom. The van der Waals surface area contributed by atoms with Crippen LogP contribution >= 0.6 is 0 Å². The first-order chi connectivity index (χ1) is 12.4. The van der Waals surface area contributed by atoms with Crippen LogP contribution in [0.5, 0.6) is 0 Å². The van der Waals surface area contributed by atoms with Gasteiger partial charge in [-0.05, 0) is 6.07 Å². The second kappa shape index (κ2) is 5.86. The molecule has 3 aromatic heterocycles. The zero-order chi connectivity index (χ0) is 18.3. The summed E-state index contributed by atoms with van der Waals surface area (Å²) in [6.07, 6.45) is -1.93. The number of aromatic amines is 1. The molecule has 26 heavy (non-hydrogen) atoms. The van der Waals surface area contributed by atoms with Crippen molar-refractivity contribution in [1.82, 2.24) is 24.7 Å². The predicted octanol–water partition coefficient (Wildman–Crippen LogP) is 2.44. The number of halogens is 3. The standard InChI is InChI=1S/C15H11F3N6O2/c16-15(17,18)6-24-5-9-12(20-7-21-13(9)23-24)19-4-8-2-1-3-10-11(8)26-14(25)22-10/h1-3,5,7H,4,6H2,(H,22,25)(H,19,20,21,23). The number of nitrogens with zero attached hydrogens (tertiary/aromatic N) is 4. The first-order valence-electron chi connectivity index (χ1n) is 7.48. The lowest BCUT2D eigenvalue weighted by molar-refractivity contribution is -0.142. The number of rotatable bonds is 4. The molecule has 0 radical (unpaired) electrons. The molecule has 8 nitrogen and oxygen atoms in total. The van der Waals surface area contributed by atoms with Gasteiger partial charge in [-0.25, -0.2) is 14.8 Å². The first-order valence-corrected chi connectivity index (χ1v) is 7.48. The van der Waals surface area contributed by atoms with Crippen LogP contribution in [0.3, 0.4) is 0 Å². The number of benzene rings is 1. The zero-order valence-electron chi connectivity index (χ0n) is 13.0. The number of H-pyrrole nitrogens is 1. The Morgan fingerprint density at radius 1 is 1.27 bits per heavy atom. The highest BCUT2D eigenvalue weighted by molar-refractivity contribution is 5.86. The van der Waals surface area contributed by atoms with E-state index in [9.17, 15) is 18.0 Å². The highest BCUT2D eigenvalue weighted by atomic mass is 19.4. The van der Waals surface area contributed by atoms with Crippen LogP contribution in [0.1, 0.15) is 5.56 Å². The van der Waals surface area contributed by atoms with Gasteiger partial charge in [0, 0.05) is 18.3 Å². The van der Waals surface area contributed by atoms with Gasteiger partial charge in [0.15, 0.2) is 11.2 Å². The highest BCUT2D eigenvalue weighted by Gasteiger charge is 2.28. The normalized spacial score (nSPS) is 12.1. The number of nitrogens with one attached hydrogen (secondary N) is 2. The average molecular weight is 364 g/mol. The number of alkyl halides is 3. The molecule has 2 N–H and O–H groups in total. The fourth-order valence-electron chi connectivity index (χ4n) is 2.64. The van der Waals surface area contributed by atoms with Crippen LogP contribution in [-0.4, -0.2) is 30.9 Å². The van der Waals surface area contributed by atoms with E-state index >= 15 is 0 Å². The van der Waals surface area contributed by atoms with Gasteiger partial charge >= 0.3 is 11.9 Å². The summed E-state index contributed by atoms with van der Waals surface area (Å²) in [5, 5.41) is 7.19. The molecule has 0 saturated heterocycles. The third-order valence-electron chi connectivity index (χ3n) is 3.68. The summed E-state index contributed by atoms with van der Waals surface area (Å²) < 4.78 is 43.5. The molecular weight excluding hydrogens is 353 g/mol. The lowest BCUT2D eigenvalue weighted by Crippen LogP contribution is -2.17. The predicted molar refractivity (Wildman–Crippen MR) is 85.5 cm³/mol. The molecule has 134 valence electrons. The topological polar surface area (TPSA) is 102 Å². The number of para-hydroxylation sites is 1. The molecule has 4 aromatic rings. The molecule has 3 heterocycles. The van der Waals surface area contributed by atoms with Crippen molar-refractivity contribution in [1.29, 1.82) is 0 Å². The fourth-order valence-corrected chi connectivity index (χ4v) is 2.64. The first kappa shape index (κ1) is 16.1. The second-order valence-electron chi connectivity index (χ2n) is 5.56. The smallest absolute Gasteiger partial charge is 0.407 e. The number of oxazole rings is 1. The molecule has 4 rings (SSSR count). The van der Waals surface area contributed by atoms with Crippen LogP contribution in [-0.2, 0) is 13.1 Å². The molecular formula is C15H11F3N6O2. The second-order valence-corrected chi connectivity index (χ2v) is 5.56. The number of hydrogen-bond donors (Lipinski definition) is 2. The van der Waals surface area contributed by atoms with E-state index in [1.54, 1.807) is 18.2 Å². The van der Waals surface area contributed by atoms with Crippen LogP contribution in [0, 0.1) is 0 Å². The third kappa shape index (κ3) is 3.10. The maximum Gasteiger partial charge on any atom is 0.417 e. The molecule has 0 spiro atoms. The lowest BCUT2D eigenvalue weighted by Gasteiger charge is -2.06. The minimum Gasteiger partial charge on any atom is -0.407 e. The van der Waals surface area contributed by atoms with Gasteiger partial charge in [0.05, 0.1) is 10.9 Å². The summed E-state index contributed by atoms with van der Waals surface area (Å²) in [7, 11) is 0. The Labute approximate surface area is 142 Å². The number of aromatic nitrogens is 5. The summed E-state index contributed by atoms with van der Waals surface area (Å²) in [5.74, 6) is -0.233. The van der Waals surface area contributed by atoms with Crippen molar-refractivity contribution < 1.29 is 17.6 Å². The molecule has 0 saturated carbocycles. The minimum absolute atomic E-state index is 0.151. The van der Waals surface area contributed by atoms with Crippen molar-refractivity contribution in [2.75, 3.05) is 5.32 Å². The average Bonchev–Trinajstić information content (AvgIpc) is 3.13. The van der Waals surface area contributed by atoms with E-state index in [1.807, 2.05) is 0 Å². The van der Waals surface area contributed by atoms with Gasteiger partial charge in [-0.3, -0.25) is 9.67 Å². The van der Waals surface area contributed by atoms with Crippen LogP contribution in [0.25, 0.3) is 22.1 Å². The SMILES string of the molecule is O=c1[nH]c2cccc(CNc3ncnc4nn(CC(F)(F)F)cc34)c2o1. The van der Waals surface area contributed by atoms with Gasteiger partial charge in [-0.1, -0.05) is 12.1 Å². The van der Waals surface area contributed by atoms with Gasteiger partial charge < -0.3 is 9.73 Å². The van der Waals surface area contributed by atoms with Crippen molar-refractivity contribution in [2.24, 2.45) is 0 Å². The molecule has 0 aliphatic rings. The Balaban J connectivity index is 1.63. The summed E-state index contributed by atoms with van der Waals surface area (Å²) in [6, 6.07) is 5.22. The summed E-state index contributed by atoms with van der Waals surface area (Å²) in [5.41, 5.74) is 1.80. The minimum atomic E-state index is -4.38. The Bertz CT molecular complexity index is 1140. The van der Waals surface area contributed by atoms with E-state index < -0.39 is 18.5 Å². The molecule has 0 aliphatic heterocycles. The van der Waals surface area contributed by atoms with E-state index in [-0.39, 0.29) is 12.2 Å². The highest BCUT2D eigenvalue weighted by Crippen LogP contribution is 2.23. The van der Waals surface area contributed by atoms with E-state index in [0.29, 0.717) is 27.9 Å². The van der Waals surface area contributed by atoms with Crippen molar-refractivity contribution in [2.45, 2.75) is 19.3 Å². The summed E-state index contributed by atoms with van der Waals surface area (Å²) in [4.78, 5) is 21.8. The Hall–Kier alpha value is -3.37. The molecule has 0 unspecified atom stereocenters. The number of hydrogen-bond acceptors (Lipinski definition) is 6. The van der Waals surface area contributed by atoms with Gasteiger partial charge in [0.1, 0.15) is 18.7 Å². The maximum absolute atomic E-state index is 12.5. The van der Waals surface area contributed by atoms with Crippen LogP contribution in [0.15, 0.2) is 39.9 Å². The van der Waals surface area contributed by atoms with Crippen molar-refractivity contribution in [3.63, 3.8) is 0 Å². The molecule has 11 heteroatoms. The van der Waals surface area contributed by atoms with Crippen molar-refractivity contribution in [3.05, 3.63) is 46.8 Å². The van der Waals surface area contributed by atoms with Crippen molar-refractivity contribution in [3.8, 4) is 0 Å². The van der Waals surface area contributed by atoms with Crippen LogP contribution in [0.2, 0.25) is 0 Å². The lowest BCUT2D eigenvalue weighted by atomic mass is 10.2. The summed E-state index contributed by atoms with van der Waals surface area (Å²) >= 11 is 0. The van der Waals surface area contributed by atoms with E-state index in [2.05, 4.69) is 25.4 Å². The van der Waals surface area contributed by atoms with Gasteiger partial charge in [0.2, 0.25) is 0 Å². The van der Waals surface area contributed by atoms with E-state index in [4.69, 9.17) is 4.42 Å². The van der Waals surface area contributed by atoms with E-state index in [0.717, 1.165) is 4.68 Å². The van der Waals surface area contributed by atoms with E-state index in [1.165, 1.54) is 12.5 Å². The monoisotopic (exact) mass is 364 g/mol. The molecule has 0 fully saturated rings. The summed E-state index contributed by atoms with van der Waals surface area (Å²) in [6.45, 7) is -0.967. The molecule has 0 atom stereocenters. The number of anilines is 1. The maximum atomic E-state index is 12.5. The quantitative estimate of drug-likeness (QED) is 0.577. The fraction of sp³-hybridized carbons (Fsp3) is 0.200. The zero-order valence-corrected chi connectivity index (χ0v) is 13.0. The van der Waals surface area contributed by atoms with Gasteiger partial charge in [-0.15, -0.1) is 0 Å². The molecule has 0 bridgehead atoms. The molecule has 0 amide bonds. The van der Waals surface area contributed by atoms with Crippen LogP contribution < -0.4 is 11.1 Å². The Kier molecular flexibility index (Phi) is 3.63. The largest absolute Gasteiger partial charge is 0.417 e. The molecule has 1 aromatic carbocycles. The van der Waals surface area contributed by atoms with Crippen LogP contribution in [0.4, 0.5) is 19.0 Å². The van der Waals surface area contributed by atoms with Gasteiger partial charge in [0.25, 0.3) is 0 Å². The Morgan fingerprint density at radius 3 is 2.92 bits per heavy atom. The third-order valence-corrected chi connectivity index (χ3v) is 3.68. The number of fused-ring (bicyclic) bond motifs is 2. The molecule has 0 aliphatic carbocycles. The van der Waals surface area contributed by atoms with Gasteiger partial charge in [-0.2, -0.15) is 18.3 Å².